The number of rotatable bonds is 7. The van der Waals surface area contributed by atoms with Crippen LogP contribution in [0.5, 0.6) is 0 Å². The van der Waals surface area contributed by atoms with Crippen LogP contribution in [0.25, 0.3) is 6.08 Å². The molecule has 0 saturated carbocycles. The molecule has 1 aliphatic rings. The Balaban J connectivity index is 1.54. The monoisotopic (exact) mass is 458 g/mol. The molecule has 3 aromatic rings. The highest BCUT2D eigenvalue weighted by Gasteiger charge is 2.33. The van der Waals surface area contributed by atoms with Gasteiger partial charge < -0.3 is 4.42 Å². The lowest BCUT2D eigenvalue weighted by Gasteiger charge is -2.12. The largest absolute Gasteiger partial charge is 0.467 e. The van der Waals surface area contributed by atoms with E-state index in [1.54, 1.807) is 36.6 Å². The number of hydrogen-bond donors (Lipinski definition) is 0. The van der Waals surface area contributed by atoms with Gasteiger partial charge in [0.25, 0.3) is 11.6 Å². The SMILES string of the molecule is O=C1/C(=C/C=C/c2ccccc2)S/C(=N/N=C\c2ccc([N+](=O)[O-])cc2)N1Cc1ccco1. The van der Waals surface area contributed by atoms with Gasteiger partial charge in [0.15, 0.2) is 5.17 Å². The van der Waals surface area contributed by atoms with Crippen LogP contribution >= 0.6 is 11.8 Å². The molecule has 8 nitrogen and oxygen atoms in total. The average molecular weight is 458 g/mol. The van der Waals surface area contributed by atoms with Crippen LogP contribution in [0.4, 0.5) is 5.69 Å². The Morgan fingerprint density at radius 1 is 1.03 bits per heavy atom. The quantitative estimate of drug-likeness (QED) is 0.208. The molecule has 0 atom stereocenters. The number of nitro benzene ring substituents is 1. The summed E-state index contributed by atoms with van der Waals surface area (Å²) in [5.41, 5.74) is 1.68. The minimum Gasteiger partial charge on any atom is -0.467 e. The number of non-ortho nitro benzene ring substituents is 1. The third-order valence-electron chi connectivity index (χ3n) is 4.57. The van der Waals surface area contributed by atoms with E-state index in [9.17, 15) is 14.9 Å². The van der Waals surface area contributed by atoms with E-state index < -0.39 is 4.92 Å². The summed E-state index contributed by atoms with van der Waals surface area (Å²) in [6.07, 6.45) is 8.51. The second-order valence-electron chi connectivity index (χ2n) is 6.85. The molecular weight excluding hydrogens is 440 g/mol. The van der Waals surface area contributed by atoms with Crippen LogP contribution in [-0.2, 0) is 11.3 Å². The molecule has 1 aromatic heterocycles. The summed E-state index contributed by atoms with van der Waals surface area (Å²) in [7, 11) is 0. The zero-order valence-corrected chi connectivity index (χ0v) is 18.1. The molecule has 1 saturated heterocycles. The molecule has 33 heavy (non-hydrogen) atoms. The predicted octanol–water partition coefficient (Wildman–Crippen LogP) is 5.25. The number of nitro groups is 1. The molecule has 164 valence electrons. The maximum Gasteiger partial charge on any atom is 0.269 e. The minimum atomic E-state index is -0.464. The van der Waals surface area contributed by atoms with Crippen LogP contribution in [0.2, 0.25) is 0 Å². The number of nitrogens with zero attached hydrogens (tertiary/aromatic N) is 4. The minimum absolute atomic E-state index is 0.00151. The molecule has 0 N–H and O–H groups in total. The first kappa shape index (κ1) is 22.0. The fraction of sp³-hybridized carbons (Fsp3) is 0.0417. The van der Waals surface area contributed by atoms with Crippen LogP contribution < -0.4 is 0 Å². The van der Waals surface area contributed by atoms with Crippen molar-refractivity contribution in [3.05, 3.63) is 117 Å². The summed E-state index contributed by atoms with van der Waals surface area (Å²) in [5, 5.41) is 19.5. The van der Waals surface area contributed by atoms with Crippen LogP contribution in [0.3, 0.4) is 0 Å². The maximum absolute atomic E-state index is 13.0. The van der Waals surface area contributed by atoms with E-state index in [1.807, 2.05) is 42.5 Å². The molecular formula is C24H18N4O4S. The number of allylic oxidation sites excluding steroid dienone is 2. The summed E-state index contributed by atoms with van der Waals surface area (Å²) in [6, 6.07) is 19.3. The van der Waals surface area contributed by atoms with Gasteiger partial charge in [0.05, 0.1) is 28.9 Å². The maximum atomic E-state index is 13.0. The second kappa shape index (κ2) is 10.4. The van der Waals surface area contributed by atoms with Gasteiger partial charge in [-0.2, -0.15) is 5.10 Å². The van der Waals surface area contributed by atoms with Gasteiger partial charge in [-0.15, -0.1) is 5.10 Å². The molecule has 1 amide bonds. The highest BCUT2D eigenvalue weighted by molar-refractivity contribution is 8.18. The lowest BCUT2D eigenvalue weighted by atomic mass is 10.2. The van der Waals surface area contributed by atoms with Gasteiger partial charge in [-0.05, 0) is 53.2 Å². The van der Waals surface area contributed by atoms with Gasteiger partial charge >= 0.3 is 0 Å². The number of carbonyl (C=O) groups is 1. The van der Waals surface area contributed by atoms with E-state index in [-0.39, 0.29) is 18.1 Å². The summed E-state index contributed by atoms with van der Waals surface area (Å²) in [6.45, 7) is 0.227. The summed E-state index contributed by atoms with van der Waals surface area (Å²) in [5.74, 6) is 0.426. The fourth-order valence-corrected chi connectivity index (χ4v) is 3.82. The Hall–Kier alpha value is -4.24. The highest BCUT2D eigenvalue weighted by Crippen LogP contribution is 2.32. The standard InChI is InChI=1S/C24H18N4O4S/c29-23-22(10-4-8-18-6-2-1-3-7-18)33-24(27(23)17-21-9-5-15-32-21)26-25-16-19-11-13-20(14-12-19)28(30)31/h1-16H,17H2/b8-4+,22-10-,25-16-,26-24+. The molecule has 0 radical (unpaired) electrons. The summed E-state index contributed by atoms with van der Waals surface area (Å²) < 4.78 is 5.39. The Kier molecular flexibility index (Phi) is 6.91. The number of amides is 1. The third-order valence-corrected chi connectivity index (χ3v) is 5.59. The zero-order chi connectivity index (χ0) is 23.0. The van der Waals surface area contributed by atoms with Crippen molar-refractivity contribution in [2.45, 2.75) is 6.54 Å². The van der Waals surface area contributed by atoms with Gasteiger partial charge in [-0.1, -0.05) is 42.5 Å². The zero-order valence-electron chi connectivity index (χ0n) is 17.3. The predicted molar refractivity (Wildman–Crippen MR) is 129 cm³/mol. The van der Waals surface area contributed by atoms with Crippen molar-refractivity contribution in [1.29, 1.82) is 0 Å². The van der Waals surface area contributed by atoms with Crippen molar-refractivity contribution < 1.29 is 14.1 Å². The molecule has 1 aliphatic heterocycles. The number of benzene rings is 2. The molecule has 1 fully saturated rings. The van der Waals surface area contributed by atoms with Gasteiger partial charge in [-0.25, -0.2) is 0 Å². The van der Waals surface area contributed by atoms with Crippen molar-refractivity contribution in [1.82, 2.24) is 4.90 Å². The van der Waals surface area contributed by atoms with Gasteiger partial charge in [-0.3, -0.25) is 19.8 Å². The smallest absolute Gasteiger partial charge is 0.269 e. The fourth-order valence-electron chi connectivity index (χ4n) is 2.93. The molecule has 0 bridgehead atoms. The molecule has 2 heterocycles. The molecule has 9 heteroatoms. The molecule has 4 rings (SSSR count). The van der Waals surface area contributed by atoms with E-state index in [1.165, 1.54) is 35.0 Å². The topological polar surface area (TPSA) is 101 Å². The van der Waals surface area contributed by atoms with Gasteiger partial charge in [0.2, 0.25) is 0 Å². The van der Waals surface area contributed by atoms with Crippen LogP contribution in [0.1, 0.15) is 16.9 Å². The van der Waals surface area contributed by atoms with E-state index in [0.29, 0.717) is 21.4 Å². The Labute approximate surface area is 193 Å². The van der Waals surface area contributed by atoms with Crippen molar-refractivity contribution >= 4 is 40.8 Å². The van der Waals surface area contributed by atoms with Crippen molar-refractivity contribution in [3.8, 4) is 0 Å². The van der Waals surface area contributed by atoms with Gasteiger partial charge in [0.1, 0.15) is 5.76 Å². The number of hydrogen-bond acceptors (Lipinski definition) is 7. The highest BCUT2D eigenvalue weighted by atomic mass is 32.2. The number of carbonyl (C=O) groups excluding carboxylic acids is 1. The Morgan fingerprint density at radius 3 is 2.52 bits per heavy atom. The normalized spacial score (nSPS) is 16.6. The van der Waals surface area contributed by atoms with E-state index >= 15 is 0 Å². The van der Waals surface area contributed by atoms with Crippen LogP contribution in [-0.4, -0.2) is 27.1 Å². The number of thioether (sulfide) groups is 1. The Morgan fingerprint density at radius 2 is 1.82 bits per heavy atom. The first-order valence-corrected chi connectivity index (χ1v) is 10.7. The van der Waals surface area contributed by atoms with Crippen LogP contribution in [0, 0.1) is 10.1 Å². The summed E-state index contributed by atoms with van der Waals surface area (Å²) >= 11 is 1.22. The first-order valence-electron chi connectivity index (χ1n) is 9.91. The molecule has 0 unspecified atom stereocenters. The average Bonchev–Trinajstić information content (AvgIpc) is 3.44. The molecule has 2 aromatic carbocycles. The first-order chi connectivity index (χ1) is 16.1. The number of furan rings is 1. The Bertz CT molecular complexity index is 1250. The van der Waals surface area contributed by atoms with E-state index in [4.69, 9.17) is 4.42 Å². The van der Waals surface area contributed by atoms with Gasteiger partial charge in [0, 0.05) is 12.1 Å². The third kappa shape index (κ3) is 5.72. The lowest BCUT2D eigenvalue weighted by Crippen LogP contribution is -2.28. The van der Waals surface area contributed by atoms with E-state index in [0.717, 1.165) is 5.56 Å². The lowest BCUT2D eigenvalue weighted by molar-refractivity contribution is -0.384. The van der Waals surface area contributed by atoms with E-state index in [2.05, 4.69) is 10.2 Å². The van der Waals surface area contributed by atoms with Crippen molar-refractivity contribution in [3.63, 3.8) is 0 Å². The summed E-state index contributed by atoms with van der Waals surface area (Å²) in [4.78, 5) is 25.3. The van der Waals surface area contributed by atoms with Crippen molar-refractivity contribution in [2.75, 3.05) is 0 Å². The second-order valence-corrected chi connectivity index (χ2v) is 7.86. The van der Waals surface area contributed by atoms with Crippen LogP contribution in [0.15, 0.2) is 105 Å². The molecule has 0 spiro atoms. The number of amidine groups is 1. The molecule has 0 aliphatic carbocycles. The van der Waals surface area contributed by atoms with Crippen molar-refractivity contribution in [2.24, 2.45) is 10.2 Å².